The van der Waals surface area contributed by atoms with Crippen LogP contribution in [0.2, 0.25) is 0 Å². The number of carbonyl (C=O) groups is 2. The van der Waals surface area contributed by atoms with Crippen LogP contribution >= 0.6 is 0 Å². The fraction of sp³-hybridized carbons (Fsp3) is 0. The summed E-state index contributed by atoms with van der Waals surface area (Å²) in [6.07, 6.45) is 1.45. The zero-order valence-electron chi connectivity index (χ0n) is 12.8. The summed E-state index contributed by atoms with van der Waals surface area (Å²) >= 11 is 0. The Morgan fingerprint density at radius 1 is 0.833 bits per heavy atom. The van der Waals surface area contributed by atoms with Crippen molar-refractivity contribution >= 4 is 28.7 Å². The molecule has 0 bridgehead atoms. The average molecular weight is 317 g/mol. The quantitative estimate of drug-likeness (QED) is 0.721. The standard InChI is InChI=1S/C20H15NO3/c22-19(16-7-2-1-3-8-16)21-18(20(23)24)13-14-10-11-15-6-4-5-9-17(15)12-14/h1-13H,(H,21,22)(H,23,24)/b18-13+. The van der Waals surface area contributed by atoms with Crippen molar-refractivity contribution in [2.45, 2.75) is 0 Å². The molecule has 4 nitrogen and oxygen atoms in total. The lowest BCUT2D eigenvalue weighted by Crippen LogP contribution is -2.27. The van der Waals surface area contributed by atoms with E-state index in [1.54, 1.807) is 30.3 Å². The van der Waals surface area contributed by atoms with Gasteiger partial charge in [0.25, 0.3) is 5.91 Å². The summed E-state index contributed by atoms with van der Waals surface area (Å²) in [6, 6.07) is 21.9. The Balaban J connectivity index is 1.90. The third-order valence-corrected chi connectivity index (χ3v) is 3.60. The molecule has 0 unspecified atom stereocenters. The molecule has 4 heteroatoms. The molecule has 0 fully saturated rings. The Bertz CT molecular complexity index is 930. The number of hydrogen-bond acceptors (Lipinski definition) is 2. The number of hydrogen-bond donors (Lipinski definition) is 2. The zero-order valence-corrected chi connectivity index (χ0v) is 12.8. The lowest BCUT2D eigenvalue weighted by molar-refractivity contribution is -0.132. The van der Waals surface area contributed by atoms with E-state index in [2.05, 4.69) is 5.32 Å². The Hall–Kier alpha value is -3.40. The maximum absolute atomic E-state index is 12.1. The molecule has 0 saturated heterocycles. The molecule has 2 N–H and O–H groups in total. The van der Waals surface area contributed by atoms with Crippen LogP contribution in [0.3, 0.4) is 0 Å². The molecule has 0 spiro atoms. The van der Waals surface area contributed by atoms with E-state index in [0.717, 1.165) is 10.8 Å². The van der Waals surface area contributed by atoms with E-state index in [-0.39, 0.29) is 5.70 Å². The zero-order chi connectivity index (χ0) is 16.9. The van der Waals surface area contributed by atoms with Crippen LogP contribution in [0.5, 0.6) is 0 Å². The van der Waals surface area contributed by atoms with E-state index in [1.807, 2.05) is 42.5 Å². The van der Waals surface area contributed by atoms with E-state index in [4.69, 9.17) is 0 Å². The van der Waals surface area contributed by atoms with Gasteiger partial charge in [-0.05, 0) is 40.6 Å². The van der Waals surface area contributed by atoms with Crippen LogP contribution in [0.1, 0.15) is 15.9 Å². The first kappa shape index (κ1) is 15.5. The SMILES string of the molecule is O=C(O)/C(=C\c1ccc2ccccc2c1)NC(=O)c1ccccc1. The van der Waals surface area contributed by atoms with Crippen LogP contribution in [-0.2, 0) is 4.79 Å². The molecule has 3 aromatic rings. The van der Waals surface area contributed by atoms with Crippen molar-refractivity contribution in [3.63, 3.8) is 0 Å². The van der Waals surface area contributed by atoms with Crippen molar-refractivity contribution in [3.8, 4) is 0 Å². The van der Waals surface area contributed by atoms with Crippen LogP contribution < -0.4 is 5.32 Å². The number of fused-ring (bicyclic) bond motifs is 1. The molecule has 24 heavy (non-hydrogen) atoms. The highest BCUT2D eigenvalue weighted by Gasteiger charge is 2.13. The molecule has 0 heterocycles. The van der Waals surface area contributed by atoms with Gasteiger partial charge in [0.2, 0.25) is 0 Å². The molecule has 1 amide bonds. The smallest absolute Gasteiger partial charge is 0.352 e. The molecular formula is C20H15NO3. The van der Waals surface area contributed by atoms with Crippen molar-refractivity contribution in [2.24, 2.45) is 0 Å². The lowest BCUT2D eigenvalue weighted by atomic mass is 10.1. The summed E-state index contributed by atoms with van der Waals surface area (Å²) in [4.78, 5) is 23.6. The Morgan fingerprint density at radius 3 is 2.21 bits per heavy atom. The molecule has 0 aliphatic carbocycles. The average Bonchev–Trinajstić information content (AvgIpc) is 2.61. The van der Waals surface area contributed by atoms with Crippen molar-refractivity contribution < 1.29 is 14.7 Å². The molecule has 0 aliphatic heterocycles. The summed E-state index contributed by atoms with van der Waals surface area (Å²) in [7, 11) is 0. The molecule has 0 radical (unpaired) electrons. The van der Waals surface area contributed by atoms with E-state index in [0.29, 0.717) is 11.1 Å². The molecule has 3 rings (SSSR count). The first-order valence-electron chi connectivity index (χ1n) is 7.44. The molecule has 0 atom stereocenters. The van der Waals surface area contributed by atoms with Gasteiger partial charge in [0.05, 0.1) is 0 Å². The number of amides is 1. The number of rotatable bonds is 4. The number of aliphatic carboxylic acids is 1. The molecule has 0 aromatic heterocycles. The van der Waals surface area contributed by atoms with E-state index in [1.165, 1.54) is 6.08 Å². The maximum atomic E-state index is 12.1. The molecule has 118 valence electrons. The van der Waals surface area contributed by atoms with Gasteiger partial charge in [-0.15, -0.1) is 0 Å². The fourth-order valence-electron chi connectivity index (χ4n) is 2.40. The third kappa shape index (κ3) is 3.50. The number of nitrogens with one attached hydrogen (secondary N) is 1. The Labute approximate surface area is 139 Å². The lowest BCUT2D eigenvalue weighted by Gasteiger charge is -2.07. The first-order chi connectivity index (χ1) is 11.6. The van der Waals surface area contributed by atoms with Gasteiger partial charge < -0.3 is 10.4 Å². The van der Waals surface area contributed by atoms with E-state index < -0.39 is 11.9 Å². The van der Waals surface area contributed by atoms with Gasteiger partial charge >= 0.3 is 5.97 Å². The summed E-state index contributed by atoms with van der Waals surface area (Å²) in [5.41, 5.74) is 0.946. The minimum absolute atomic E-state index is 0.167. The second-order valence-electron chi connectivity index (χ2n) is 5.29. The van der Waals surface area contributed by atoms with E-state index >= 15 is 0 Å². The second-order valence-corrected chi connectivity index (χ2v) is 5.29. The van der Waals surface area contributed by atoms with Gasteiger partial charge in [-0.25, -0.2) is 4.79 Å². The highest BCUT2D eigenvalue weighted by Crippen LogP contribution is 2.17. The fourth-order valence-corrected chi connectivity index (χ4v) is 2.40. The van der Waals surface area contributed by atoms with Crippen molar-refractivity contribution in [2.75, 3.05) is 0 Å². The predicted octanol–water partition coefficient (Wildman–Crippen LogP) is 3.70. The maximum Gasteiger partial charge on any atom is 0.352 e. The summed E-state index contributed by atoms with van der Waals surface area (Å²) < 4.78 is 0. The minimum Gasteiger partial charge on any atom is -0.477 e. The van der Waals surface area contributed by atoms with Crippen molar-refractivity contribution in [1.82, 2.24) is 5.32 Å². The van der Waals surface area contributed by atoms with Crippen LogP contribution in [0, 0.1) is 0 Å². The summed E-state index contributed by atoms with van der Waals surface area (Å²) in [5.74, 6) is -1.64. The van der Waals surface area contributed by atoms with Crippen LogP contribution in [-0.4, -0.2) is 17.0 Å². The summed E-state index contributed by atoms with van der Waals surface area (Å²) in [6.45, 7) is 0. The second kappa shape index (κ2) is 6.79. The molecule has 0 aliphatic rings. The summed E-state index contributed by atoms with van der Waals surface area (Å²) in [5, 5.41) is 13.9. The third-order valence-electron chi connectivity index (χ3n) is 3.60. The number of carboxylic acid groups (broad SMARTS) is 1. The van der Waals surface area contributed by atoms with Crippen LogP contribution in [0.4, 0.5) is 0 Å². The molecule has 3 aromatic carbocycles. The largest absolute Gasteiger partial charge is 0.477 e. The topological polar surface area (TPSA) is 66.4 Å². The molecular weight excluding hydrogens is 302 g/mol. The molecule has 0 saturated carbocycles. The first-order valence-corrected chi connectivity index (χ1v) is 7.44. The normalized spacial score (nSPS) is 11.2. The van der Waals surface area contributed by atoms with Gasteiger partial charge in [-0.1, -0.05) is 54.6 Å². The Kier molecular flexibility index (Phi) is 4.38. The monoisotopic (exact) mass is 317 g/mol. The van der Waals surface area contributed by atoms with Gasteiger partial charge in [0.15, 0.2) is 0 Å². The van der Waals surface area contributed by atoms with Crippen LogP contribution in [0.25, 0.3) is 16.8 Å². The highest BCUT2D eigenvalue weighted by atomic mass is 16.4. The van der Waals surface area contributed by atoms with Gasteiger partial charge in [0.1, 0.15) is 5.70 Å². The van der Waals surface area contributed by atoms with Gasteiger partial charge in [-0.3, -0.25) is 4.79 Å². The highest BCUT2D eigenvalue weighted by molar-refractivity contribution is 6.03. The van der Waals surface area contributed by atoms with Crippen molar-refractivity contribution in [1.29, 1.82) is 0 Å². The number of carbonyl (C=O) groups excluding carboxylic acids is 1. The number of benzene rings is 3. The number of carboxylic acids is 1. The van der Waals surface area contributed by atoms with Gasteiger partial charge in [-0.2, -0.15) is 0 Å². The van der Waals surface area contributed by atoms with Gasteiger partial charge in [0, 0.05) is 5.56 Å². The minimum atomic E-state index is -1.19. The van der Waals surface area contributed by atoms with E-state index in [9.17, 15) is 14.7 Å². The Morgan fingerprint density at radius 2 is 1.50 bits per heavy atom. The van der Waals surface area contributed by atoms with Crippen molar-refractivity contribution in [3.05, 3.63) is 89.6 Å². The van der Waals surface area contributed by atoms with Crippen LogP contribution in [0.15, 0.2) is 78.5 Å². The predicted molar refractivity (Wildman–Crippen MR) is 93.5 cm³/mol.